The quantitative estimate of drug-likeness (QED) is 0.874. The molecule has 0 aliphatic carbocycles. The van der Waals surface area contributed by atoms with Crippen molar-refractivity contribution in [2.75, 3.05) is 6.54 Å². The number of hydrogen-bond donors (Lipinski definition) is 1. The average molecular weight is 349 g/mol. The molecule has 3 heterocycles. The van der Waals surface area contributed by atoms with Gasteiger partial charge in [0.15, 0.2) is 5.82 Å². The van der Waals surface area contributed by atoms with Gasteiger partial charge >= 0.3 is 0 Å². The van der Waals surface area contributed by atoms with Crippen molar-refractivity contribution in [1.82, 2.24) is 20.2 Å². The van der Waals surface area contributed by atoms with E-state index in [2.05, 4.69) is 20.4 Å². The van der Waals surface area contributed by atoms with Crippen molar-refractivity contribution in [1.29, 1.82) is 0 Å². The van der Waals surface area contributed by atoms with E-state index in [0.29, 0.717) is 25.8 Å². The topological polar surface area (TPSA) is 96.8 Å². The van der Waals surface area contributed by atoms with E-state index in [1.54, 1.807) is 4.90 Å². The van der Waals surface area contributed by atoms with Crippen molar-refractivity contribution in [3.63, 3.8) is 0 Å². The highest BCUT2D eigenvalue weighted by Gasteiger charge is 2.33. The third-order valence-corrected chi connectivity index (χ3v) is 4.40. The van der Waals surface area contributed by atoms with Crippen LogP contribution in [0.15, 0.2) is 17.5 Å². The zero-order valence-electron chi connectivity index (χ0n) is 14.1. The summed E-state index contributed by atoms with van der Waals surface area (Å²) in [4.78, 5) is 38.9. The number of nitrogens with one attached hydrogen (secondary N) is 1. The summed E-state index contributed by atoms with van der Waals surface area (Å²) in [6.45, 7) is 4.18. The van der Waals surface area contributed by atoms with Gasteiger partial charge in [0.1, 0.15) is 0 Å². The Bertz CT molecular complexity index is 694. The lowest BCUT2D eigenvalue weighted by molar-refractivity contribution is -0.132. The van der Waals surface area contributed by atoms with Crippen molar-refractivity contribution in [3.05, 3.63) is 24.0 Å². The predicted molar refractivity (Wildman–Crippen MR) is 86.3 cm³/mol. The van der Waals surface area contributed by atoms with Crippen LogP contribution in [-0.2, 0) is 9.63 Å². The van der Waals surface area contributed by atoms with Crippen LogP contribution in [0.5, 0.6) is 0 Å². The molecule has 3 unspecified atom stereocenters. The van der Waals surface area contributed by atoms with Crippen molar-refractivity contribution in [2.24, 2.45) is 5.16 Å². The second kappa shape index (κ2) is 7.12. The Morgan fingerprint density at radius 1 is 1.36 bits per heavy atom. The van der Waals surface area contributed by atoms with Gasteiger partial charge in [0.25, 0.3) is 11.8 Å². The lowest BCUT2D eigenvalue weighted by Gasteiger charge is -2.37. The van der Waals surface area contributed by atoms with Crippen LogP contribution >= 0.6 is 0 Å². The highest BCUT2D eigenvalue weighted by Crippen LogP contribution is 2.20. The van der Waals surface area contributed by atoms with Crippen LogP contribution in [0.2, 0.25) is 0 Å². The maximum Gasteiger partial charge on any atom is 0.291 e. The van der Waals surface area contributed by atoms with Gasteiger partial charge in [0.05, 0.1) is 18.1 Å². The Balaban J connectivity index is 1.54. The largest absolute Gasteiger partial charge is 0.382 e. The van der Waals surface area contributed by atoms with E-state index in [9.17, 15) is 14.0 Å². The number of nitrogens with zero attached hydrogens (tertiary/aromatic N) is 4. The summed E-state index contributed by atoms with van der Waals surface area (Å²) in [5.74, 6) is -1.12. The minimum atomic E-state index is -0.584. The monoisotopic (exact) mass is 349 g/mol. The standard InChI is InChI=1S/C16H20FN5O3/c1-9-5-13(25-21-9)15(23)20-12-3-4-22(10(2)6-12)16(24)14-18-7-11(17)8-19-14/h7-8,10,12-13H,3-6H2,1-2H3,(H,20,23). The summed E-state index contributed by atoms with van der Waals surface area (Å²) in [5, 5.41) is 6.75. The van der Waals surface area contributed by atoms with Gasteiger partial charge in [-0.15, -0.1) is 0 Å². The van der Waals surface area contributed by atoms with Gasteiger partial charge in [-0.2, -0.15) is 0 Å². The highest BCUT2D eigenvalue weighted by molar-refractivity contribution is 5.92. The summed E-state index contributed by atoms with van der Waals surface area (Å²) >= 11 is 0. The van der Waals surface area contributed by atoms with E-state index >= 15 is 0 Å². The molecule has 134 valence electrons. The first-order valence-electron chi connectivity index (χ1n) is 8.22. The fraction of sp³-hybridized carbons (Fsp3) is 0.562. The molecule has 1 aromatic rings. The van der Waals surface area contributed by atoms with E-state index in [-0.39, 0.29) is 29.7 Å². The van der Waals surface area contributed by atoms with E-state index in [4.69, 9.17) is 4.84 Å². The molecule has 25 heavy (non-hydrogen) atoms. The molecular weight excluding hydrogens is 329 g/mol. The maximum atomic E-state index is 12.9. The molecule has 0 saturated carbocycles. The molecule has 0 aromatic carbocycles. The number of aromatic nitrogens is 2. The molecule has 0 bridgehead atoms. The van der Waals surface area contributed by atoms with Crippen LogP contribution in [0.25, 0.3) is 0 Å². The smallest absolute Gasteiger partial charge is 0.291 e. The normalized spacial score (nSPS) is 26.0. The summed E-state index contributed by atoms with van der Waals surface area (Å²) in [6.07, 6.45) is 3.12. The molecule has 0 radical (unpaired) electrons. The Labute approximate surface area is 144 Å². The van der Waals surface area contributed by atoms with Crippen LogP contribution in [0.3, 0.4) is 0 Å². The number of oxime groups is 1. The average Bonchev–Trinajstić information content (AvgIpc) is 3.02. The molecule has 9 heteroatoms. The predicted octanol–water partition coefficient (Wildman–Crippen LogP) is 0.890. The van der Waals surface area contributed by atoms with Crippen LogP contribution in [0, 0.1) is 5.82 Å². The zero-order chi connectivity index (χ0) is 18.0. The molecule has 3 atom stereocenters. The molecule has 1 fully saturated rings. The van der Waals surface area contributed by atoms with Crippen molar-refractivity contribution in [2.45, 2.75) is 51.3 Å². The minimum Gasteiger partial charge on any atom is -0.382 e. The first kappa shape index (κ1) is 17.2. The Hall–Kier alpha value is -2.58. The Morgan fingerprint density at radius 3 is 2.68 bits per heavy atom. The second-order valence-corrected chi connectivity index (χ2v) is 6.43. The minimum absolute atomic E-state index is 0.0253. The molecule has 2 amide bonds. The molecular formula is C16H20FN5O3. The number of carbonyl (C=O) groups is 2. The molecule has 2 aliphatic heterocycles. The van der Waals surface area contributed by atoms with Gasteiger partial charge in [-0.3, -0.25) is 9.59 Å². The number of carbonyl (C=O) groups excluding carboxylic acids is 2. The molecule has 1 N–H and O–H groups in total. The van der Waals surface area contributed by atoms with E-state index < -0.39 is 11.9 Å². The van der Waals surface area contributed by atoms with E-state index in [1.165, 1.54) is 0 Å². The number of piperidine rings is 1. The summed E-state index contributed by atoms with van der Waals surface area (Å²) < 4.78 is 12.9. The third-order valence-electron chi connectivity index (χ3n) is 4.40. The lowest BCUT2D eigenvalue weighted by atomic mass is 9.97. The SMILES string of the molecule is CC1=NOC(C(=O)NC2CCN(C(=O)c3ncc(F)cn3)C(C)C2)C1. The fourth-order valence-electron chi connectivity index (χ4n) is 3.09. The van der Waals surface area contributed by atoms with Gasteiger partial charge in [-0.05, 0) is 26.7 Å². The van der Waals surface area contributed by atoms with Crippen molar-refractivity contribution in [3.8, 4) is 0 Å². The fourth-order valence-corrected chi connectivity index (χ4v) is 3.09. The number of likely N-dealkylation sites (tertiary alicyclic amines) is 1. The molecule has 2 aliphatic rings. The Kier molecular flexibility index (Phi) is 4.91. The number of halogens is 1. The van der Waals surface area contributed by atoms with Crippen molar-refractivity contribution >= 4 is 17.5 Å². The number of hydrogen-bond acceptors (Lipinski definition) is 6. The van der Waals surface area contributed by atoms with E-state index in [0.717, 1.165) is 18.1 Å². The van der Waals surface area contributed by atoms with Gasteiger partial charge in [0, 0.05) is 25.0 Å². The van der Waals surface area contributed by atoms with Gasteiger partial charge in [-0.1, -0.05) is 5.16 Å². The maximum absolute atomic E-state index is 12.9. The number of amides is 2. The third kappa shape index (κ3) is 3.92. The zero-order valence-corrected chi connectivity index (χ0v) is 14.1. The molecule has 3 rings (SSSR count). The molecule has 1 saturated heterocycles. The molecule has 8 nitrogen and oxygen atoms in total. The van der Waals surface area contributed by atoms with E-state index in [1.807, 2.05) is 13.8 Å². The molecule has 1 aromatic heterocycles. The second-order valence-electron chi connectivity index (χ2n) is 6.43. The Morgan fingerprint density at radius 2 is 2.08 bits per heavy atom. The number of rotatable bonds is 3. The van der Waals surface area contributed by atoms with Crippen LogP contribution < -0.4 is 5.32 Å². The van der Waals surface area contributed by atoms with Gasteiger partial charge in [-0.25, -0.2) is 14.4 Å². The van der Waals surface area contributed by atoms with Gasteiger partial charge in [0.2, 0.25) is 11.9 Å². The van der Waals surface area contributed by atoms with Crippen LogP contribution in [-0.4, -0.2) is 57.1 Å². The van der Waals surface area contributed by atoms with Gasteiger partial charge < -0.3 is 15.1 Å². The first-order valence-corrected chi connectivity index (χ1v) is 8.22. The van der Waals surface area contributed by atoms with Crippen LogP contribution in [0.4, 0.5) is 4.39 Å². The first-order chi connectivity index (χ1) is 11.9. The lowest BCUT2D eigenvalue weighted by Crippen LogP contribution is -2.52. The van der Waals surface area contributed by atoms with Crippen LogP contribution in [0.1, 0.15) is 43.7 Å². The highest BCUT2D eigenvalue weighted by atomic mass is 19.1. The summed E-state index contributed by atoms with van der Waals surface area (Å²) in [6, 6.07) is -0.132. The van der Waals surface area contributed by atoms with Crippen molar-refractivity contribution < 1.29 is 18.8 Å². The molecule has 0 spiro atoms. The summed E-state index contributed by atoms with van der Waals surface area (Å²) in [7, 11) is 0. The summed E-state index contributed by atoms with van der Waals surface area (Å²) in [5.41, 5.74) is 0.799.